The quantitative estimate of drug-likeness (QED) is 0.529. The summed E-state index contributed by atoms with van der Waals surface area (Å²) in [6.45, 7) is 1.97. The highest BCUT2D eigenvalue weighted by molar-refractivity contribution is 5.17. The van der Waals surface area contributed by atoms with Gasteiger partial charge in [-0.3, -0.25) is 0 Å². The van der Waals surface area contributed by atoms with E-state index in [9.17, 15) is 0 Å². The molecule has 0 aliphatic carbocycles. The number of rotatable bonds is 1. The van der Waals surface area contributed by atoms with Crippen molar-refractivity contribution in [3.05, 3.63) is 24.0 Å². The van der Waals surface area contributed by atoms with E-state index in [1.165, 1.54) is 0 Å². The summed E-state index contributed by atoms with van der Waals surface area (Å²) in [5.74, 6) is 0. The zero-order chi connectivity index (χ0) is 6.69. The zero-order valence-electron chi connectivity index (χ0n) is 5.63. The molecule has 2 heteroatoms. The van der Waals surface area contributed by atoms with Gasteiger partial charge in [-0.25, -0.2) is 0 Å². The van der Waals surface area contributed by atoms with Crippen LogP contribution in [-0.4, -0.2) is 13.4 Å². The fourth-order valence-electron chi connectivity index (χ4n) is 0.624. The third kappa shape index (κ3) is 1.57. The van der Waals surface area contributed by atoms with Gasteiger partial charge < -0.3 is 9.47 Å². The maximum Gasteiger partial charge on any atom is 0.218 e. The SMILES string of the molecule is COC1C=CC(C)=CO1. The normalized spacial score (nSPS) is 25.1. The van der Waals surface area contributed by atoms with Gasteiger partial charge in [0, 0.05) is 7.11 Å². The molecule has 0 bridgehead atoms. The summed E-state index contributed by atoms with van der Waals surface area (Å²) in [7, 11) is 1.61. The van der Waals surface area contributed by atoms with E-state index in [0.717, 1.165) is 5.57 Å². The van der Waals surface area contributed by atoms with Crippen LogP contribution >= 0.6 is 0 Å². The first-order valence-corrected chi connectivity index (χ1v) is 2.86. The second kappa shape index (κ2) is 2.69. The van der Waals surface area contributed by atoms with E-state index in [1.54, 1.807) is 13.4 Å². The lowest BCUT2D eigenvalue weighted by molar-refractivity contribution is -0.0486. The average Bonchev–Trinajstić information content (AvgIpc) is 1.90. The summed E-state index contributed by atoms with van der Waals surface area (Å²) in [5, 5.41) is 0. The maximum atomic E-state index is 5.07. The van der Waals surface area contributed by atoms with Crippen molar-refractivity contribution in [2.45, 2.75) is 13.2 Å². The summed E-state index contributed by atoms with van der Waals surface area (Å²) in [6.07, 6.45) is 5.34. The van der Waals surface area contributed by atoms with Crippen LogP contribution < -0.4 is 0 Å². The van der Waals surface area contributed by atoms with Gasteiger partial charge in [0.05, 0.1) is 6.26 Å². The van der Waals surface area contributed by atoms with E-state index in [-0.39, 0.29) is 6.29 Å². The van der Waals surface area contributed by atoms with Crippen molar-refractivity contribution in [3.63, 3.8) is 0 Å². The van der Waals surface area contributed by atoms with Crippen LogP contribution in [0.1, 0.15) is 6.92 Å². The Morgan fingerprint density at radius 3 is 2.89 bits per heavy atom. The lowest BCUT2D eigenvalue weighted by Crippen LogP contribution is -2.10. The zero-order valence-corrected chi connectivity index (χ0v) is 5.63. The molecule has 1 unspecified atom stereocenters. The predicted octanol–water partition coefficient (Wildman–Crippen LogP) is 1.45. The number of allylic oxidation sites excluding steroid dienone is 2. The third-order valence-corrected chi connectivity index (χ3v) is 1.14. The molecule has 1 aliphatic heterocycles. The molecule has 0 aromatic carbocycles. The van der Waals surface area contributed by atoms with Crippen LogP contribution in [0.2, 0.25) is 0 Å². The average molecular weight is 126 g/mol. The Hall–Kier alpha value is -0.760. The number of methoxy groups -OCH3 is 1. The van der Waals surface area contributed by atoms with Crippen molar-refractivity contribution in [1.29, 1.82) is 0 Å². The van der Waals surface area contributed by atoms with Gasteiger partial charge in [0.1, 0.15) is 0 Å². The molecule has 1 rings (SSSR count). The molecular weight excluding hydrogens is 116 g/mol. The van der Waals surface area contributed by atoms with Crippen LogP contribution in [0.3, 0.4) is 0 Å². The molecule has 0 saturated carbocycles. The van der Waals surface area contributed by atoms with Crippen molar-refractivity contribution >= 4 is 0 Å². The van der Waals surface area contributed by atoms with Gasteiger partial charge in [-0.2, -0.15) is 0 Å². The van der Waals surface area contributed by atoms with Gasteiger partial charge in [0.2, 0.25) is 6.29 Å². The highest BCUT2D eigenvalue weighted by atomic mass is 16.7. The Morgan fingerprint density at radius 1 is 1.67 bits per heavy atom. The molecule has 2 nitrogen and oxygen atoms in total. The van der Waals surface area contributed by atoms with Crippen LogP contribution in [0.5, 0.6) is 0 Å². The molecule has 0 radical (unpaired) electrons. The van der Waals surface area contributed by atoms with Gasteiger partial charge in [0.25, 0.3) is 0 Å². The molecular formula is C7H10O2. The highest BCUT2D eigenvalue weighted by Crippen LogP contribution is 2.07. The first kappa shape index (κ1) is 6.36. The molecule has 0 spiro atoms. The topological polar surface area (TPSA) is 18.5 Å². The second-order valence-electron chi connectivity index (χ2n) is 1.96. The first-order valence-electron chi connectivity index (χ1n) is 2.86. The fourth-order valence-corrected chi connectivity index (χ4v) is 0.624. The largest absolute Gasteiger partial charge is 0.469 e. The van der Waals surface area contributed by atoms with Crippen LogP contribution in [0, 0.1) is 0 Å². The Kier molecular flexibility index (Phi) is 1.90. The Balaban J connectivity index is 2.48. The van der Waals surface area contributed by atoms with Crippen LogP contribution in [-0.2, 0) is 9.47 Å². The number of hydrogen-bond acceptors (Lipinski definition) is 2. The minimum Gasteiger partial charge on any atom is -0.469 e. The Bertz CT molecular complexity index is 147. The molecule has 50 valence electrons. The molecule has 1 atom stereocenters. The van der Waals surface area contributed by atoms with E-state index < -0.39 is 0 Å². The first-order chi connectivity index (χ1) is 4.33. The molecule has 0 amide bonds. The van der Waals surface area contributed by atoms with Gasteiger partial charge >= 0.3 is 0 Å². The van der Waals surface area contributed by atoms with E-state index in [0.29, 0.717) is 0 Å². The maximum absolute atomic E-state index is 5.07. The standard InChI is InChI=1S/C7H10O2/c1-6-3-4-7(8-2)9-5-6/h3-5,7H,1-2H3. The lowest BCUT2D eigenvalue weighted by atomic mass is 10.3. The van der Waals surface area contributed by atoms with Crippen molar-refractivity contribution < 1.29 is 9.47 Å². The molecule has 0 N–H and O–H groups in total. The smallest absolute Gasteiger partial charge is 0.218 e. The summed E-state index contributed by atoms with van der Waals surface area (Å²) >= 11 is 0. The summed E-state index contributed by atoms with van der Waals surface area (Å²) < 4.78 is 9.95. The van der Waals surface area contributed by atoms with Gasteiger partial charge in [-0.15, -0.1) is 0 Å². The van der Waals surface area contributed by atoms with Crippen LogP contribution in [0.25, 0.3) is 0 Å². The van der Waals surface area contributed by atoms with Crippen molar-refractivity contribution in [2.24, 2.45) is 0 Å². The van der Waals surface area contributed by atoms with E-state index in [1.807, 2.05) is 19.1 Å². The minimum atomic E-state index is -0.186. The molecule has 1 aliphatic rings. The molecule has 1 heterocycles. The van der Waals surface area contributed by atoms with Gasteiger partial charge in [-0.05, 0) is 18.6 Å². The highest BCUT2D eigenvalue weighted by Gasteiger charge is 2.03. The number of ether oxygens (including phenoxy) is 2. The summed E-state index contributed by atoms with van der Waals surface area (Å²) in [6, 6.07) is 0. The fraction of sp³-hybridized carbons (Fsp3) is 0.429. The molecule has 9 heavy (non-hydrogen) atoms. The van der Waals surface area contributed by atoms with Crippen LogP contribution in [0.15, 0.2) is 24.0 Å². The van der Waals surface area contributed by atoms with Crippen LogP contribution in [0.4, 0.5) is 0 Å². The monoisotopic (exact) mass is 126 g/mol. The molecule has 0 aromatic heterocycles. The van der Waals surface area contributed by atoms with Crippen molar-refractivity contribution in [3.8, 4) is 0 Å². The Morgan fingerprint density at radius 2 is 2.44 bits per heavy atom. The summed E-state index contributed by atoms with van der Waals surface area (Å²) in [4.78, 5) is 0. The number of hydrogen-bond donors (Lipinski definition) is 0. The van der Waals surface area contributed by atoms with Crippen molar-refractivity contribution in [2.75, 3.05) is 7.11 Å². The molecule has 0 saturated heterocycles. The van der Waals surface area contributed by atoms with Crippen molar-refractivity contribution in [1.82, 2.24) is 0 Å². The van der Waals surface area contributed by atoms with Gasteiger partial charge in [0.15, 0.2) is 0 Å². The van der Waals surface area contributed by atoms with Gasteiger partial charge in [-0.1, -0.05) is 6.08 Å². The Labute approximate surface area is 54.8 Å². The minimum absolute atomic E-state index is 0.186. The summed E-state index contributed by atoms with van der Waals surface area (Å²) in [5.41, 5.74) is 1.11. The predicted molar refractivity (Wildman–Crippen MR) is 34.8 cm³/mol. The third-order valence-electron chi connectivity index (χ3n) is 1.14. The van der Waals surface area contributed by atoms with E-state index in [4.69, 9.17) is 9.47 Å². The molecule has 0 aromatic rings. The lowest BCUT2D eigenvalue weighted by Gasteiger charge is -2.13. The van der Waals surface area contributed by atoms with E-state index in [2.05, 4.69) is 0 Å². The second-order valence-corrected chi connectivity index (χ2v) is 1.96. The molecule has 0 fully saturated rings. The van der Waals surface area contributed by atoms with E-state index >= 15 is 0 Å².